The monoisotopic (exact) mass is 206 g/mol. The van der Waals surface area contributed by atoms with Crippen LogP contribution in [0.4, 0.5) is 0 Å². The topological polar surface area (TPSA) is 23.8 Å². The van der Waals surface area contributed by atoms with Gasteiger partial charge >= 0.3 is 0 Å². The third-order valence-corrected chi connectivity index (χ3v) is 1.79. The van der Waals surface area contributed by atoms with Gasteiger partial charge in [0, 0.05) is 10.0 Å². The molecule has 2 heteroatoms. The Hall–Kier alpha value is -1.07. The molecule has 0 saturated heterocycles. The first-order valence-corrected chi connectivity index (χ1v) is 3.80. The van der Waals surface area contributed by atoms with E-state index >= 15 is 0 Å². The molecule has 0 amide bonds. The third kappa shape index (κ3) is 1.69. The summed E-state index contributed by atoms with van der Waals surface area (Å²) in [4.78, 5) is 0. The Kier molecular flexibility index (Phi) is 2.45. The number of rotatable bonds is 1. The normalized spacial score (nSPS) is 8.73. The number of nitrogens with zero attached hydrogens (tertiary/aromatic N) is 1. The Balaban J connectivity index is 3.30. The number of halogens is 1. The quantitative estimate of drug-likeness (QED) is 0.694. The maximum atomic E-state index is 8.61. The van der Waals surface area contributed by atoms with Crippen LogP contribution >= 0.6 is 15.9 Å². The molecule has 11 heavy (non-hydrogen) atoms. The van der Waals surface area contributed by atoms with Crippen molar-refractivity contribution in [1.82, 2.24) is 0 Å². The van der Waals surface area contributed by atoms with E-state index in [4.69, 9.17) is 5.26 Å². The second-order valence-electron chi connectivity index (χ2n) is 1.98. The predicted molar refractivity (Wildman–Crippen MR) is 46.8 cm³/mol. The predicted octanol–water partition coefficient (Wildman–Crippen LogP) is 2.66. The van der Waals surface area contributed by atoms with E-state index in [9.17, 15) is 0 Å². The van der Waals surface area contributed by atoms with Crippen LogP contribution in [-0.2, 0) is 0 Å². The van der Waals surface area contributed by atoms with E-state index < -0.39 is 0 Å². The SMILES string of the molecule is C=[C]c1cc(Br)ccc1C#N. The molecule has 0 aliphatic carbocycles. The fourth-order valence-electron chi connectivity index (χ4n) is 0.760. The van der Waals surface area contributed by atoms with Crippen LogP contribution in [0.2, 0.25) is 0 Å². The van der Waals surface area contributed by atoms with Gasteiger partial charge in [-0.25, -0.2) is 0 Å². The molecule has 1 radical (unpaired) electrons. The van der Waals surface area contributed by atoms with Crippen LogP contribution < -0.4 is 0 Å². The van der Waals surface area contributed by atoms with Crippen molar-refractivity contribution in [3.05, 3.63) is 46.5 Å². The molecule has 1 aromatic rings. The van der Waals surface area contributed by atoms with Crippen LogP contribution in [-0.4, -0.2) is 0 Å². The first-order chi connectivity index (χ1) is 5.27. The van der Waals surface area contributed by atoms with E-state index in [-0.39, 0.29) is 0 Å². The molecule has 0 aromatic heterocycles. The van der Waals surface area contributed by atoms with Crippen LogP contribution in [0.15, 0.2) is 29.3 Å². The van der Waals surface area contributed by atoms with Gasteiger partial charge in [-0.05, 0) is 24.3 Å². The number of nitriles is 1. The lowest BCUT2D eigenvalue weighted by atomic mass is 10.1. The lowest BCUT2D eigenvalue weighted by Crippen LogP contribution is -1.81. The Morgan fingerprint density at radius 2 is 2.09 bits per heavy atom. The fourth-order valence-corrected chi connectivity index (χ4v) is 1.12. The van der Waals surface area contributed by atoms with Crippen molar-refractivity contribution < 1.29 is 0 Å². The molecular formula is C9H5BrN. The summed E-state index contributed by atoms with van der Waals surface area (Å²) in [7, 11) is 0. The highest BCUT2D eigenvalue weighted by atomic mass is 79.9. The van der Waals surface area contributed by atoms with Gasteiger partial charge in [0.25, 0.3) is 0 Å². The van der Waals surface area contributed by atoms with Gasteiger partial charge in [-0.1, -0.05) is 22.5 Å². The minimum absolute atomic E-state index is 0.600. The van der Waals surface area contributed by atoms with Crippen molar-refractivity contribution in [3.63, 3.8) is 0 Å². The maximum Gasteiger partial charge on any atom is 0.0998 e. The van der Waals surface area contributed by atoms with E-state index in [0.717, 1.165) is 10.0 Å². The molecule has 0 heterocycles. The summed E-state index contributed by atoms with van der Waals surface area (Å²) >= 11 is 3.29. The Morgan fingerprint density at radius 3 is 2.64 bits per heavy atom. The molecule has 1 nitrogen and oxygen atoms in total. The lowest BCUT2D eigenvalue weighted by molar-refractivity contribution is 1.44. The second-order valence-corrected chi connectivity index (χ2v) is 2.89. The average Bonchev–Trinajstić information content (AvgIpc) is 2.04. The van der Waals surface area contributed by atoms with Crippen molar-refractivity contribution in [2.75, 3.05) is 0 Å². The molecule has 0 fully saturated rings. The van der Waals surface area contributed by atoms with Gasteiger partial charge < -0.3 is 0 Å². The molecule has 0 saturated carbocycles. The van der Waals surface area contributed by atoms with Gasteiger partial charge in [-0.3, -0.25) is 0 Å². The zero-order valence-corrected chi connectivity index (χ0v) is 7.35. The van der Waals surface area contributed by atoms with Gasteiger partial charge in [0.1, 0.15) is 0 Å². The first kappa shape index (κ1) is 8.03. The fraction of sp³-hybridized carbons (Fsp3) is 0. The maximum absolute atomic E-state index is 8.61. The van der Waals surface area contributed by atoms with Gasteiger partial charge in [0.2, 0.25) is 0 Å². The Bertz CT molecular complexity index is 323. The van der Waals surface area contributed by atoms with Gasteiger partial charge in [0.05, 0.1) is 11.6 Å². The summed E-state index contributed by atoms with van der Waals surface area (Å²) in [6.07, 6.45) is 2.68. The molecule has 53 valence electrons. The van der Waals surface area contributed by atoms with Crippen LogP contribution in [0.1, 0.15) is 11.1 Å². The summed E-state index contributed by atoms with van der Waals surface area (Å²) in [5, 5.41) is 8.61. The molecule has 0 unspecified atom stereocenters. The molecule has 0 aliphatic rings. The van der Waals surface area contributed by atoms with Crippen LogP contribution in [0, 0.1) is 17.4 Å². The molecular weight excluding hydrogens is 202 g/mol. The largest absolute Gasteiger partial charge is 0.192 e. The van der Waals surface area contributed by atoms with Gasteiger partial charge in [-0.15, -0.1) is 0 Å². The number of hydrogen-bond acceptors (Lipinski definition) is 1. The van der Waals surface area contributed by atoms with Crippen LogP contribution in [0.25, 0.3) is 0 Å². The van der Waals surface area contributed by atoms with Crippen molar-refractivity contribution >= 4 is 15.9 Å². The summed E-state index contributed by atoms with van der Waals surface area (Å²) in [6, 6.07) is 7.41. The highest BCUT2D eigenvalue weighted by molar-refractivity contribution is 9.10. The molecule has 0 spiro atoms. The molecule has 0 aliphatic heterocycles. The Labute approximate surface area is 74.1 Å². The van der Waals surface area contributed by atoms with Crippen molar-refractivity contribution in [2.45, 2.75) is 0 Å². The summed E-state index contributed by atoms with van der Waals surface area (Å²) in [5.41, 5.74) is 1.34. The lowest BCUT2D eigenvalue weighted by Gasteiger charge is -1.95. The smallest absolute Gasteiger partial charge is 0.0998 e. The molecule has 1 rings (SSSR count). The summed E-state index contributed by atoms with van der Waals surface area (Å²) in [6.45, 7) is 3.48. The highest BCUT2D eigenvalue weighted by Crippen LogP contribution is 2.15. The minimum atomic E-state index is 0.600. The summed E-state index contributed by atoms with van der Waals surface area (Å²) < 4.78 is 0.933. The standard InChI is InChI=1S/C9H5BrN/c1-2-7-5-9(10)4-3-8(7)6-11/h3-5H,1H2. The van der Waals surface area contributed by atoms with Crippen molar-refractivity contribution in [2.24, 2.45) is 0 Å². The van der Waals surface area contributed by atoms with E-state index in [2.05, 4.69) is 34.7 Å². The number of benzene rings is 1. The molecule has 1 aromatic carbocycles. The van der Waals surface area contributed by atoms with Crippen molar-refractivity contribution in [3.8, 4) is 6.07 Å². The molecule has 0 bridgehead atoms. The van der Waals surface area contributed by atoms with E-state index in [1.165, 1.54) is 0 Å². The van der Waals surface area contributed by atoms with E-state index in [1.54, 1.807) is 6.07 Å². The van der Waals surface area contributed by atoms with E-state index in [1.807, 2.05) is 12.1 Å². The average molecular weight is 207 g/mol. The van der Waals surface area contributed by atoms with Crippen LogP contribution in [0.3, 0.4) is 0 Å². The zero-order valence-electron chi connectivity index (χ0n) is 5.76. The molecule has 0 atom stereocenters. The highest BCUT2D eigenvalue weighted by Gasteiger charge is 1.97. The van der Waals surface area contributed by atoms with Gasteiger partial charge in [-0.2, -0.15) is 5.26 Å². The minimum Gasteiger partial charge on any atom is -0.192 e. The van der Waals surface area contributed by atoms with Crippen molar-refractivity contribution in [1.29, 1.82) is 5.26 Å². The third-order valence-electron chi connectivity index (χ3n) is 1.29. The van der Waals surface area contributed by atoms with Gasteiger partial charge in [0.15, 0.2) is 0 Å². The Morgan fingerprint density at radius 1 is 1.36 bits per heavy atom. The second kappa shape index (κ2) is 3.36. The number of hydrogen-bond donors (Lipinski definition) is 0. The zero-order chi connectivity index (χ0) is 8.27. The van der Waals surface area contributed by atoms with Crippen LogP contribution in [0.5, 0.6) is 0 Å². The van der Waals surface area contributed by atoms with E-state index in [0.29, 0.717) is 5.56 Å². The first-order valence-electron chi connectivity index (χ1n) is 3.00. The summed E-state index contributed by atoms with van der Waals surface area (Å²) in [5.74, 6) is 0. The molecule has 0 N–H and O–H groups in total.